The highest BCUT2D eigenvalue weighted by Crippen LogP contribution is 2.33. The first-order valence-electron chi connectivity index (χ1n) is 7.49. The fraction of sp³-hybridized carbons (Fsp3) is 0.167. The van der Waals surface area contributed by atoms with Gasteiger partial charge < -0.3 is 14.9 Å². The number of ketones is 2. The summed E-state index contributed by atoms with van der Waals surface area (Å²) >= 11 is 11.7. The molecule has 0 saturated heterocycles. The van der Waals surface area contributed by atoms with Crippen LogP contribution in [0.3, 0.4) is 0 Å². The van der Waals surface area contributed by atoms with E-state index in [4.69, 9.17) is 27.9 Å². The van der Waals surface area contributed by atoms with Crippen molar-refractivity contribution in [3.05, 3.63) is 57.1 Å². The average Bonchev–Trinajstić information content (AvgIpc) is 2.58. The first-order valence-corrected chi connectivity index (χ1v) is 8.24. The molecule has 0 aliphatic rings. The number of hydrogen-bond donors (Lipinski definition) is 2. The molecule has 0 aromatic heterocycles. The lowest BCUT2D eigenvalue weighted by Crippen LogP contribution is -2.12. The molecule has 0 spiro atoms. The molecule has 2 rings (SSSR count). The molecule has 0 aliphatic heterocycles. The van der Waals surface area contributed by atoms with Crippen LogP contribution in [0.15, 0.2) is 30.3 Å². The molecule has 0 fully saturated rings. The summed E-state index contributed by atoms with van der Waals surface area (Å²) in [5.74, 6) is -2.94. The van der Waals surface area contributed by atoms with Crippen molar-refractivity contribution in [1.29, 1.82) is 0 Å². The summed E-state index contributed by atoms with van der Waals surface area (Å²) < 4.78 is 4.69. The van der Waals surface area contributed by atoms with Crippen LogP contribution in [0.4, 0.5) is 0 Å². The Morgan fingerprint density at radius 1 is 1.04 bits per heavy atom. The van der Waals surface area contributed by atoms with Gasteiger partial charge in [-0.15, -0.1) is 0 Å². The maximum absolute atomic E-state index is 12.6. The lowest BCUT2D eigenvalue weighted by Gasteiger charge is -2.09. The van der Waals surface area contributed by atoms with Crippen LogP contribution in [-0.4, -0.2) is 34.4 Å². The van der Waals surface area contributed by atoms with Gasteiger partial charge in [0.25, 0.3) is 0 Å². The average molecular weight is 397 g/mol. The number of carbonyl (C=O) groups excluding carboxylic acids is 3. The largest absolute Gasteiger partial charge is 0.507 e. The quantitative estimate of drug-likeness (QED) is 0.437. The summed E-state index contributed by atoms with van der Waals surface area (Å²) in [6.07, 6.45) is -0.576. The molecular weight excluding hydrogens is 383 g/mol. The fourth-order valence-electron chi connectivity index (χ4n) is 2.23. The molecule has 0 radical (unpaired) electrons. The Morgan fingerprint density at radius 2 is 1.73 bits per heavy atom. The summed E-state index contributed by atoms with van der Waals surface area (Å²) in [6, 6.07) is 6.06. The Bertz CT molecular complexity index is 891. The molecule has 0 unspecified atom stereocenters. The third-order valence-corrected chi connectivity index (χ3v) is 3.95. The highest BCUT2D eigenvalue weighted by Gasteiger charge is 2.21. The van der Waals surface area contributed by atoms with Crippen molar-refractivity contribution >= 4 is 40.7 Å². The third kappa shape index (κ3) is 4.33. The number of phenolic OH excluding ortho intramolecular Hbond substituents is 2. The zero-order chi connectivity index (χ0) is 19.4. The molecule has 0 aliphatic carbocycles. The van der Waals surface area contributed by atoms with Gasteiger partial charge in [-0.3, -0.25) is 14.4 Å². The van der Waals surface area contributed by atoms with Crippen molar-refractivity contribution in [2.24, 2.45) is 0 Å². The Labute approximate surface area is 158 Å². The second-order valence-corrected chi connectivity index (χ2v) is 6.09. The third-order valence-electron chi connectivity index (χ3n) is 3.44. The smallest absolute Gasteiger partial charge is 0.313 e. The van der Waals surface area contributed by atoms with Crippen LogP contribution in [0.5, 0.6) is 11.5 Å². The number of benzene rings is 2. The minimum Gasteiger partial charge on any atom is -0.507 e. The second-order valence-electron chi connectivity index (χ2n) is 5.25. The molecule has 0 saturated carbocycles. The van der Waals surface area contributed by atoms with E-state index in [-0.39, 0.29) is 39.1 Å². The lowest BCUT2D eigenvalue weighted by atomic mass is 9.98. The standard InChI is InChI=1S/C18H14Cl2O6/c1-2-26-16(23)8-15(22)11-5-9(3-4-14(11)21)17(24)12-6-10(19)7-13(20)18(12)25/h3-7,21,25H,2,8H2,1H3. The molecule has 0 bridgehead atoms. The molecule has 2 N–H and O–H groups in total. The van der Waals surface area contributed by atoms with Gasteiger partial charge in [0.05, 0.1) is 22.8 Å². The zero-order valence-electron chi connectivity index (χ0n) is 13.6. The predicted octanol–water partition coefficient (Wildman–Crippen LogP) is 3.77. The van der Waals surface area contributed by atoms with Crippen LogP contribution in [0.25, 0.3) is 0 Å². The minimum absolute atomic E-state index is 0.00337. The van der Waals surface area contributed by atoms with Crippen LogP contribution in [0.1, 0.15) is 39.6 Å². The van der Waals surface area contributed by atoms with Crippen LogP contribution in [0, 0.1) is 0 Å². The number of ether oxygens (including phenoxy) is 1. The molecule has 2 aromatic rings. The van der Waals surface area contributed by atoms with Gasteiger partial charge in [0, 0.05) is 10.6 Å². The Morgan fingerprint density at radius 3 is 2.38 bits per heavy atom. The maximum Gasteiger partial charge on any atom is 0.313 e. The molecule has 26 heavy (non-hydrogen) atoms. The Kier molecular flexibility index (Phi) is 6.23. The van der Waals surface area contributed by atoms with E-state index in [0.29, 0.717) is 0 Å². The van der Waals surface area contributed by atoms with E-state index >= 15 is 0 Å². The molecule has 0 heterocycles. The van der Waals surface area contributed by atoms with E-state index < -0.39 is 29.7 Å². The summed E-state index contributed by atoms with van der Waals surface area (Å²) in [5.41, 5.74) is -0.364. The van der Waals surface area contributed by atoms with E-state index in [2.05, 4.69) is 0 Å². The van der Waals surface area contributed by atoms with E-state index in [9.17, 15) is 24.6 Å². The minimum atomic E-state index is -0.743. The normalized spacial score (nSPS) is 10.4. The zero-order valence-corrected chi connectivity index (χ0v) is 15.1. The molecule has 8 heteroatoms. The predicted molar refractivity (Wildman–Crippen MR) is 95.2 cm³/mol. The maximum atomic E-state index is 12.6. The first kappa shape index (κ1) is 19.8. The summed E-state index contributed by atoms with van der Waals surface area (Å²) in [6.45, 7) is 1.72. The Hall–Kier alpha value is -2.57. The number of aromatic hydroxyl groups is 2. The van der Waals surface area contributed by atoms with Gasteiger partial charge in [0.15, 0.2) is 11.6 Å². The molecular formula is C18H14Cl2O6. The highest BCUT2D eigenvalue weighted by molar-refractivity contribution is 6.36. The summed E-state index contributed by atoms with van der Waals surface area (Å²) in [4.78, 5) is 36.2. The lowest BCUT2D eigenvalue weighted by molar-refractivity contribution is -0.141. The van der Waals surface area contributed by atoms with Crippen molar-refractivity contribution in [2.45, 2.75) is 13.3 Å². The molecule has 0 atom stereocenters. The number of hydrogen-bond acceptors (Lipinski definition) is 6. The van der Waals surface area contributed by atoms with Crippen LogP contribution < -0.4 is 0 Å². The van der Waals surface area contributed by atoms with Crippen molar-refractivity contribution in [3.63, 3.8) is 0 Å². The van der Waals surface area contributed by atoms with Gasteiger partial charge in [-0.25, -0.2) is 0 Å². The number of Topliss-reactive ketones (excluding diaryl/α,β-unsaturated/α-hetero) is 1. The van der Waals surface area contributed by atoms with E-state index in [1.807, 2.05) is 0 Å². The number of halogens is 2. The Balaban J connectivity index is 2.39. The topological polar surface area (TPSA) is 101 Å². The summed E-state index contributed by atoms with van der Waals surface area (Å²) in [5, 5.41) is 19.9. The molecule has 0 amide bonds. The van der Waals surface area contributed by atoms with Crippen molar-refractivity contribution < 1.29 is 29.3 Å². The van der Waals surface area contributed by atoms with Crippen LogP contribution >= 0.6 is 23.2 Å². The molecule has 2 aromatic carbocycles. The number of esters is 1. The van der Waals surface area contributed by atoms with Gasteiger partial charge in [-0.1, -0.05) is 23.2 Å². The van der Waals surface area contributed by atoms with Crippen LogP contribution in [-0.2, 0) is 9.53 Å². The van der Waals surface area contributed by atoms with Crippen molar-refractivity contribution in [3.8, 4) is 11.5 Å². The monoisotopic (exact) mass is 396 g/mol. The van der Waals surface area contributed by atoms with Crippen molar-refractivity contribution in [2.75, 3.05) is 6.61 Å². The number of carbonyl (C=O) groups is 3. The van der Waals surface area contributed by atoms with Gasteiger partial charge in [-0.2, -0.15) is 0 Å². The van der Waals surface area contributed by atoms with Gasteiger partial charge in [0.2, 0.25) is 0 Å². The van der Waals surface area contributed by atoms with Gasteiger partial charge in [-0.05, 0) is 37.3 Å². The highest BCUT2D eigenvalue weighted by atomic mass is 35.5. The SMILES string of the molecule is CCOC(=O)CC(=O)c1cc(C(=O)c2cc(Cl)cc(Cl)c2O)ccc1O. The van der Waals surface area contributed by atoms with Crippen LogP contribution in [0.2, 0.25) is 10.0 Å². The molecule has 6 nitrogen and oxygen atoms in total. The van der Waals surface area contributed by atoms with E-state index in [0.717, 1.165) is 12.1 Å². The number of rotatable bonds is 6. The van der Waals surface area contributed by atoms with Gasteiger partial charge >= 0.3 is 5.97 Å². The first-order chi connectivity index (χ1) is 12.2. The fourth-order valence-corrected chi connectivity index (χ4v) is 2.73. The van der Waals surface area contributed by atoms with E-state index in [1.165, 1.54) is 18.2 Å². The van der Waals surface area contributed by atoms with Gasteiger partial charge in [0.1, 0.15) is 17.9 Å². The number of phenols is 2. The summed E-state index contributed by atoms with van der Waals surface area (Å²) in [7, 11) is 0. The van der Waals surface area contributed by atoms with E-state index in [1.54, 1.807) is 6.92 Å². The van der Waals surface area contributed by atoms with Crippen molar-refractivity contribution in [1.82, 2.24) is 0 Å². The molecule has 136 valence electrons. The second kappa shape index (κ2) is 8.21.